The lowest BCUT2D eigenvalue weighted by atomic mass is 10.0. The molecule has 0 bridgehead atoms. The van der Waals surface area contributed by atoms with Crippen LogP contribution in [0.3, 0.4) is 0 Å². The second kappa shape index (κ2) is 8.04. The number of hydrogen-bond acceptors (Lipinski definition) is 4. The van der Waals surface area contributed by atoms with Crippen LogP contribution in [0.5, 0.6) is 0 Å². The summed E-state index contributed by atoms with van der Waals surface area (Å²) in [6.45, 7) is 0.620. The Morgan fingerprint density at radius 2 is 1.86 bits per heavy atom. The van der Waals surface area contributed by atoms with E-state index in [4.69, 9.17) is 0 Å². The Balaban J connectivity index is 1.39. The third-order valence-electron chi connectivity index (χ3n) is 4.95. The van der Waals surface area contributed by atoms with Crippen LogP contribution in [0.4, 0.5) is 5.69 Å². The van der Waals surface area contributed by atoms with Crippen molar-refractivity contribution >= 4 is 17.5 Å². The molecule has 142 valence electrons. The standard InChI is InChI=1S/C21H21N5O2/c27-20(24-17-8-10-18(11-9-17)26-15-22-14-23-26)21(28)25-12-4-7-19(25)13-16-5-2-1-3-6-16/h1-3,5-6,8-11,14-15,19H,4,7,12-13H2,(H,24,27). The van der Waals surface area contributed by atoms with Crippen molar-refractivity contribution in [3.05, 3.63) is 72.8 Å². The molecule has 0 aliphatic carbocycles. The molecule has 4 rings (SSSR count). The number of benzene rings is 2. The molecule has 0 spiro atoms. The zero-order valence-electron chi connectivity index (χ0n) is 15.4. The van der Waals surface area contributed by atoms with Crippen LogP contribution < -0.4 is 5.32 Å². The van der Waals surface area contributed by atoms with Gasteiger partial charge in [-0.05, 0) is 49.1 Å². The van der Waals surface area contributed by atoms with E-state index >= 15 is 0 Å². The third kappa shape index (κ3) is 3.93. The topological polar surface area (TPSA) is 80.1 Å². The minimum Gasteiger partial charge on any atom is -0.331 e. The van der Waals surface area contributed by atoms with Crippen molar-refractivity contribution in [3.8, 4) is 5.69 Å². The summed E-state index contributed by atoms with van der Waals surface area (Å²) in [7, 11) is 0. The summed E-state index contributed by atoms with van der Waals surface area (Å²) in [6.07, 6.45) is 5.66. The van der Waals surface area contributed by atoms with Gasteiger partial charge in [0, 0.05) is 18.3 Å². The van der Waals surface area contributed by atoms with Gasteiger partial charge in [0.25, 0.3) is 0 Å². The minimum absolute atomic E-state index is 0.0651. The van der Waals surface area contributed by atoms with Gasteiger partial charge in [-0.15, -0.1) is 0 Å². The smallest absolute Gasteiger partial charge is 0.313 e. The van der Waals surface area contributed by atoms with Crippen LogP contribution in [0.25, 0.3) is 5.69 Å². The summed E-state index contributed by atoms with van der Waals surface area (Å²) in [5.41, 5.74) is 2.57. The van der Waals surface area contributed by atoms with Crippen LogP contribution in [0.1, 0.15) is 18.4 Å². The lowest BCUT2D eigenvalue weighted by Crippen LogP contribution is -2.43. The van der Waals surface area contributed by atoms with Crippen LogP contribution >= 0.6 is 0 Å². The highest BCUT2D eigenvalue weighted by atomic mass is 16.2. The van der Waals surface area contributed by atoms with Crippen molar-refractivity contribution in [2.75, 3.05) is 11.9 Å². The Morgan fingerprint density at radius 1 is 1.07 bits per heavy atom. The van der Waals surface area contributed by atoms with E-state index in [-0.39, 0.29) is 6.04 Å². The number of anilines is 1. The molecule has 0 radical (unpaired) electrons. The number of carbonyl (C=O) groups is 2. The molecule has 1 aliphatic heterocycles. The van der Waals surface area contributed by atoms with Gasteiger partial charge in [-0.1, -0.05) is 30.3 Å². The molecule has 1 N–H and O–H groups in total. The maximum Gasteiger partial charge on any atom is 0.313 e. The predicted molar refractivity (Wildman–Crippen MR) is 105 cm³/mol. The van der Waals surface area contributed by atoms with Crippen LogP contribution in [-0.4, -0.2) is 44.1 Å². The fourth-order valence-corrected chi connectivity index (χ4v) is 3.56. The molecule has 28 heavy (non-hydrogen) atoms. The molecule has 7 nitrogen and oxygen atoms in total. The lowest BCUT2D eigenvalue weighted by molar-refractivity contribution is -0.143. The molecule has 2 heterocycles. The molecule has 2 amide bonds. The van der Waals surface area contributed by atoms with Gasteiger partial charge in [-0.25, -0.2) is 9.67 Å². The molecular formula is C21H21N5O2. The number of hydrogen-bond donors (Lipinski definition) is 1. The first kappa shape index (κ1) is 17.9. The maximum absolute atomic E-state index is 12.7. The molecule has 1 aromatic heterocycles. The second-order valence-corrected chi connectivity index (χ2v) is 6.83. The van der Waals surface area contributed by atoms with E-state index in [2.05, 4.69) is 27.5 Å². The molecule has 3 aromatic rings. The average Bonchev–Trinajstić information content (AvgIpc) is 3.41. The number of rotatable bonds is 4. The first-order valence-electron chi connectivity index (χ1n) is 9.31. The van der Waals surface area contributed by atoms with Crippen LogP contribution in [0, 0.1) is 0 Å². The van der Waals surface area contributed by atoms with Gasteiger partial charge in [0.15, 0.2) is 0 Å². The number of likely N-dealkylation sites (tertiary alicyclic amines) is 1. The van der Waals surface area contributed by atoms with E-state index in [0.29, 0.717) is 12.2 Å². The van der Waals surface area contributed by atoms with E-state index in [0.717, 1.165) is 24.9 Å². The van der Waals surface area contributed by atoms with Crippen LogP contribution in [0.2, 0.25) is 0 Å². The molecule has 1 aliphatic rings. The van der Waals surface area contributed by atoms with Crippen LogP contribution in [-0.2, 0) is 16.0 Å². The van der Waals surface area contributed by atoms with Gasteiger partial charge in [0.05, 0.1) is 5.69 Å². The molecule has 7 heteroatoms. The number of amides is 2. The summed E-state index contributed by atoms with van der Waals surface area (Å²) in [5, 5.41) is 6.76. The Bertz CT molecular complexity index is 939. The number of carbonyl (C=O) groups excluding carboxylic acids is 2. The molecule has 1 unspecified atom stereocenters. The highest BCUT2D eigenvalue weighted by Gasteiger charge is 2.32. The van der Waals surface area contributed by atoms with Gasteiger partial charge in [0.2, 0.25) is 0 Å². The highest BCUT2D eigenvalue weighted by molar-refractivity contribution is 6.39. The maximum atomic E-state index is 12.7. The Labute approximate surface area is 163 Å². The van der Waals surface area contributed by atoms with Gasteiger partial charge in [0.1, 0.15) is 12.7 Å². The number of nitrogens with one attached hydrogen (secondary N) is 1. The second-order valence-electron chi connectivity index (χ2n) is 6.83. The van der Waals surface area contributed by atoms with E-state index in [1.54, 1.807) is 28.0 Å². The minimum atomic E-state index is -0.603. The van der Waals surface area contributed by atoms with Crippen LogP contribution in [0.15, 0.2) is 67.3 Å². The molecule has 0 saturated carbocycles. The summed E-state index contributed by atoms with van der Waals surface area (Å²) < 4.78 is 1.62. The van der Waals surface area contributed by atoms with Crippen molar-refractivity contribution in [2.24, 2.45) is 0 Å². The molecular weight excluding hydrogens is 354 g/mol. The van der Waals surface area contributed by atoms with E-state index in [9.17, 15) is 9.59 Å². The summed E-state index contributed by atoms with van der Waals surface area (Å²) in [5.74, 6) is -1.08. The highest BCUT2D eigenvalue weighted by Crippen LogP contribution is 2.22. The molecule has 2 aromatic carbocycles. The molecule has 1 fully saturated rings. The number of nitrogens with zero attached hydrogens (tertiary/aromatic N) is 4. The summed E-state index contributed by atoms with van der Waals surface area (Å²) in [6, 6.07) is 17.2. The zero-order valence-corrected chi connectivity index (χ0v) is 15.4. The van der Waals surface area contributed by atoms with Crippen molar-refractivity contribution in [2.45, 2.75) is 25.3 Å². The van der Waals surface area contributed by atoms with Crippen molar-refractivity contribution in [1.29, 1.82) is 0 Å². The fourth-order valence-electron chi connectivity index (χ4n) is 3.56. The normalized spacial score (nSPS) is 16.1. The monoisotopic (exact) mass is 375 g/mol. The fraction of sp³-hybridized carbons (Fsp3) is 0.238. The van der Waals surface area contributed by atoms with Crippen molar-refractivity contribution in [1.82, 2.24) is 19.7 Å². The summed E-state index contributed by atoms with van der Waals surface area (Å²) in [4.78, 5) is 30.8. The predicted octanol–water partition coefficient (Wildman–Crippen LogP) is 2.44. The van der Waals surface area contributed by atoms with Crippen molar-refractivity contribution in [3.63, 3.8) is 0 Å². The summed E-state index contributed by atoms with van der Waals surface area (Å²) >= 11 is 0. The largest absolute Gasteiger partial charge is 0.331 e. The first-order valence-corrected chi connectivity index (χ1v) is 9.31. The van der Waals surface area contributed by atoms with Gasteiger partial charge < -0.3 is 10.2 Å². The van der Waals surface area contributed by atoms with E-state index < -0.39 is 11.8 Å². The zero-order chi connectivity index (χ0) is 19.3. The van der Waals surface area contributed by atoms with Gasteiger partial charge >= 0.3 is 11.8 Å². The quantitative estimate of drug-likeness (QED) is 0.711. The lowest BCUT2D eigenvalue weighted by Gasteiger charge is -2.24. The van der Waals surface area contributed by atoms with Gasteiger partial charge in [-0.2, -0.15) is 5.10 Å². The van der Waals surface area contributed by atoms with E-state index in [1.165, 1.54) is 11.9 Å². The third-order valence-corrected chi connectivity index (χ3v) is 4.95. The molecule has 1 saturated heterocycles. The van der Waals surface area contributed by atoms with Gasteiger partial charge in [-0.3, -0.25) is 9.59 Å². The SMILES string of the molecule is O=C(Nc1ccc(-n2cncn2)cc1)C(=O)N1CCCC1Cc1ccccc1. The number of aromatic nitrogens is 3. The molecule has 1 atom stereocenters. The van der Waals surface area contributed by atoms with Crippen molar-refractivity contribution < 1.29 is 9.59 Å². The Morgan fingerprint density at radius 3 is 2.57 bits per heavy atom. The Hall–Kier alpha value is -3.48. The average molecular weight is 375 g/mol. The first-order chi connectivity index (χ1) is 13.7. The Kier molecular flexibility index (Phi) is 5.14. The van der Waals surface area contributed by atoms with E-state index in [1.807, 2.05) is 30.3 Å².